The molecule has 0 spiro atoms. The van der Waals surface area contributed by atoms with Crippen LogP contribution >= 0.6 is 23.2 Å². The van der Waals surface area contributed by atoms with Gasteiger partial charge in [-0.3, -0.25) is 0 Å². The number of pyridine rings is 1. The Morgan fingerprint density at radius 2 is 1.83 bits per heavy atom. The highest BCUT2D eigenvalue weighted by Crippen LogP contribution is 2.32. The van der Waals surface area contributed by atoms with E-state index in [1.807, 2.05) is 31.4 Å². The molecule has 2 aromatic heterocycles. The Labute approximate surface area is 149 Å². The zero-order valence-electron chi connectivity index (χ0n) is 13.1. The molecule has 0 radical (unpaired) electrons. The summed E-state index contributed by atoms with van der Waals surface area (Å²) < 4.78 is 2.23. The zero-order valence-corrected chi connectivity index (χ0v) is 14.6. The Balaban J connectivity index is 1.97. The van der Waals surface area contributed by atoms with Gasteiger partial charge in [-0.1, -0.05) is 41.4 Å². The summed E-state index contributed by atoms with van der Waals surface area (Å²) >= 11 is 12.5. The van der Waals surface area contributed by atoms with Gasteiger partial charge in [0.1, 0.15) is 5.82 Å². The lowest BCUT2D eigenvalue weighted by molar-refractivity contribution is 0.867. The first-order valence-corrected chi connectivity index (χ1v) is 8.41. The second kappa shape index (κ2) is 6.00. The first kappa shape index (κ1) is 15.3. The number of nitrogens with one attached hydrogen (secondary N) is 1. The topological polar surface area (TPSA) is 29.9 Å². The number of halogens is 2. The third-order valence-electron chi connectivity index (χ3n) is 4.25. The number of aromatic nitrogens is 2. The van der Waals surface area contributed by atoms with Gasteiger partial charge in [-0.15, -0.1) is 0 Å². The lowest BCUT2D eigenvalue weighted by Gasteiger charge is -2.10. The van der Waals surface area contributed by atoms with Gasteiger partial charge in [0, 0.05) is 39.9 Å². The molecular weight excluding hydrogens is 341 g/mol. The Hall–Kier alpha value is -2.23. The minimum atomic E-state index is 0.643. The highest BCUT2D eigenvalue weighted by molar-refractivity contribution is 6.33. The van der Waals surface area contributed by atoms with Gasteiger partial charge in [-0.05, 0) is 35.9 Å². The molecule has 0 aliphatic rings. The van der Waals surface area contributed by atoms with Gasteiger partial charge in [-0.25, -0.2) is 4.98 Å². The maximum absolute atomic E-state index is 6.37. The van der Waals surface area contributed by atoms with Crippen molar-refractivity contribution in [1.82, 2.24) is 9.55 Å². The number of hydrogen-bond donors (Lipinski definition) is 1. The lowest BCUT2D eigenvalue weighted by atomic mass is 10.2. The van der Waals surface area contributed by atoms with Crippen molar-refractivity contribution in [3.05, 3.63) is 70.3 Å². The summed E-state index contributed by atoms with van der Waals surface area (Å²) in [5, 5.41) is 6.87. The van der Waals surface area contributed by atoms with Gasteiger partial charge < -0.3 is 9.88 Å². The molecule has 0 aliphatic heterocycles. The van der Waals surface area contributed by atoms with Crippen molar-refractivity contribution in [3.63, 3.8) is 0 Å². The highest BCUT2D eigenvalue weighted by Gasteiger charge is 2.13. The molecule has 0 unspecified atom stereocenters. The fraction of sp³-hybridized carbons (Fsp3) is 0.105. The van der Waals surface area contributed by atoms with E-state index in [0.717, 1.165) is 22.4 Å². The summed E-state index contributed by atoms with van der Waals surface area (Å²) in [6.07, 6.45) is 1.90. The van der Waals surface area contributed by atoms with Gasteiger partial charge >= 0.3 is 0 Å². The van der Waals surface area contributed by atoms with Crippen LogP contribution < -0.4 is 5.32 Å². The van der Waals surface area contributed by atoms with Crippen LogP contribution in [0.1, 0.15) is 5.56 Å². The molecule has 0 saturated carbocycles. The van der Waals surface area contributed by atoms with Gasteiger partial charge in [0.25, 0.3) is 0 Å². The molecule has 1 N–H and O–H groups in total. The number of nitrogens with zero attached hydrogens (tertiary/aromatic N) is 2. The van der Waals surface area contributed by atoms with Crippen molar-refractivity contribution in [1.29, 1.82) is 0 Å². The minimum absolute atomic E-state index is 0.643. The van der Waals surface area contributed by atoms with Crippen LogP contribution in [0.4, 0.5) is 5.82 Å². The molecule has 24 heavy (non-hydrogen) atoms. The molecular formula is C19H15Cl2N3. The monoisotopic (exact) mass is 355 g/mol. The average molecular weight is 356 g/mol. The lowest BCUT2D eigenvalue weighted by Crippen LogP contribution is -2.01. The van der Waals surface area contributed by atoms with Crippen LogP contribution in [0.25, 0.3) is 21.8 Å². The van der Waals surface area contributed by atoms with E-state index in [1.165, 1.54) is 10.8 Å². The molecule has 4 rings (SSSR count). The number of hydrogen-bond acceptors (Lipinski definition) is 2. The summed E-state index contributed by atoms with van der Waals surface area (Å²) in [6.45, 7) is 0.643. The Morgan fingerprint density at radius 3 is 2.67 bits per heavy atom. The van der Waals surface area contributed by atoms with Crippen molar-refractivity contribution in [2.75, 3.05) is 12.4 Å². The maximum atomic E-state index is 6.37. The van der Waals surface area contributed by atoms with E-state index >= 15 is 0 Å². The summed E-state index contributed by atoms with van der Waals surface area (Å²) in [5.74, 6) is 0.853. The van der Waals surface area contributed by atoms with Crippen molar-refractivity contribution < 1.29 is 0 Å². The second-order valence-electron chi connectivity index (χ2n) is 5.68. The van der Waals surface area contributed by atoms with Gasteiger partial charge in [0.2, 0.25) is 0 Å². The zero-order chi connectivity index (χ0) is 16.7. The number of rotatable bonds is 3. The third-order valence-corrected chi connectivity index (χ3v) is 4.85. The first-order valence-electron chi connectivity index (χ1n) is 7.66. The molecule has 5 heteroatoms. The predicted octanol–water partition coefficient (Wildman–Crippen LogP) is 5.59. The van der Waals surface area contributed by atoms with Crippen LogP contribution in [0, 0.1) is 0 Å². The van der Waals surface area contributed by atoms with Gasteiger partial charge in [-0.2, -0.15) is 0 Å². The van der Waals surface area contributed by atoms with E-state index < -0.39 is 0 Å². The second-order valence-corrected chi connectivity index (χ2v) is 6.52. The molecule has 0 atom stereocenters. The summed E-state index contributed by atoms with van der Waals surface area (Å²) in [7, 11) is 1.87. The maximum Gasteiger partial charge on any atom is 0.126 e. The standard InChI is InChI=1S/C19H15Cl2N3/c1-22-19-9-15-14-4-2-3-5-17(14)24(18(15)10-23-19)11-12-8-13(20)6-7-16(12)21/h2-10H,11H2,1H3,(H,22,23). The molecule has 4 aromatic rings. The molecule has 2 aromatic carbocycles. The minimum Gasteiger partial charge on any atom is -0.373 e. The average Bonchev–Trinajstić information content (AvgIpc) is 2.92. The molecule has 0 amide bonds. The van der Waals surface area contributed by atoms with Crippen molar-refractivity contribution >= 4 is 50.8 Å². The molecule has 0 aliphatic carbocycles. The van der Waals surface area contributed by atoms with E-state index in [9.17, 15) is 0 Å². The summed E-state index contributed by atoms with van der Waals surface area (Å²) in [6, 6.07) is 16.0. The van der Waals surface area contributed by atoms with E-state index in [4.69, 9.17) is 23.2 Å². The van der Waals surface area contributed by atoms with Gasteiger partial charge in [0.15, 0.2) is 0 Å². The summed E-state index contributed by atoms with van der Waals surface area (Å²) in [4.78, 5) is 4.47. The summed E-state index contributed by atoms with van der Waals surface area (Å²) in [5.41, 5.74) is 3.22. The van der Waals surface area contributed by atoms with Crippen LogP contribution in [0.2, 0.25) is 10.0 Å². The highest BCUT2D eigenvalue weighted by atomic mass is 35.5. The fourth-order valence-electron chi connectivity index (χ4n) is 3.09. The van der Waals surface area contributed by atoms with E-state index in [2.05, 4.69) is 39.1 Å². The van der Waals surface area contributed by atoms with Crippen LogP contribution in [-0.2, 0) is 6.54 Å². The first-order chi connectivity index (χ1) is 11.7. The van der Waals surface area contributed by atoms with Crippen LogP contribution in [-0.4, -0.2) is 16.6 Å². The van der Waals surface area contributed by atoms with Crippen molar-refractivity contribution in [2.24, 2.45) is 0 Å². The van der Waals surface area contributed by atoms with Crippen molar-refractivity contribution in [2.45, 2.75) is 6.54 Å². The van der Waals surface area contributed by atoms with E-state index in [-0.39, 0.29) is 0 Å². The number of fused-ring (bicyclic) bond motifs is 3. The van der Waals surface area contributed by atoms with Crippen molar-refractivity contribution in [3.8, 4) is 0 Å². The third kappa shape index (κ3) is 2.50. The Morgan fingerprint density at radius 1 is 1.00 bits per heavy atom. The Kier molecular flexibility index (Phi) is 3.83. The van der Waals surface area contributed by atoms with Crippen LogP contribution in [0.3, 0.4) is 0 Å². The number of para-hydroxylation sites is 1. The van der Waals surface area contributed by atoms with E-state index in [0.29, 0.717) is 16.6 Å². The number of benzene rings is 2. The molecule has 0 bridgehead atoms. The SMILES string of the molecule is CNc1cc2c3ccccc3n(Cc3cc(Cl)ccc3Cl)c2cn1. The number of anilines is 1. The van der Waals surface area contributed by atoms with Crippen LogP contribution in [0.5, 0.6) is 0 Å². The quantitative estimate of drug-likeness (QED) is 0.519. The molecule has 0 fully saturated rings. The smallest absolute Gasteiger partial charge is 0.126 e. The molecule has 120 valence electrons. The normalized spacial score (nSPS) is 11.3. The Bertz CT molecular complexity index is 1050. The molecule has 3 nitrogen and oxygen atoms in total. The molecule has 0 saturated heterocycles. The largest absolute Gasteiger partial charge is 0.373 e. The fourth-order valence-corrected chi connectivity index (χ4v) is 3.46. The van der Waals surface area contributed by atoms with Gasteiger partial charge in [0.05, 0.1) is 11.7 Å². The van der Waals surface area contributed by atoms with Crippen LogP contribution in [0.15, 0.2) is 54.7 Å². The predicted molar refractivity (Wildman–Crippen MR) is 102 cm³/mol. The van der Waals surface area contributed by atoms with E-state index in [1.54, 1.807) is 6.07 Å². The molecule has 2 heterocycles.